The molecule has 0 radical (unpaired) electrons. The Morgan fingerprint density at radius 2 is 1.96 bits per heavy atom. The number of amides is 2. The molecule has 0 aromatic heterocycles. The van der Waals surface area contributed by atoms with Crippen molar-refractivity contribution in [2.24, 2.45) is 11.7 Å². The molecule has 0 bridgehead atoms. The van der Waals surface area contributed by atoms with Crippen LogP contribution in [0.3, 0.4) is 0 Å². The Morgan fingerprint density at radius 3 is 2.50 bits per heavy atom. The lowest BCUT2D eigenvalue weighted by Gasteiger charge is -2.21. The van der Waals surface area contributed by atoms with Crippen LogP contribution in [-0.2, 0) is 25.5 Å². The van der Waals surface area contributed by atoms with E-state index in [1.54, 1.807) is 13.8 Å². The third-order valence-electron chi connectivity index (χ3n) is 3.35. The molecule has 0 fully saturated rings. The van der Waals surface area contributed by atoms with Gasteiger partial charge in [-0.2, -0.15) is 0 Å². The van der Waals surface area contributed by atoms with Gasteiger partial charge in [0.25, 0.3) is 0 Å². The third kappa shape index (κ3) is 5.94. The molecular weight excluding hydrogens is 322 g/mol. The first-order valence-corrected chi connectivity index (χ1v) is 7.42. The third-order valence-corrected chi connectivity index (χ3v) is 3.35. The van der Waals surface area contributed by atoms with Crippen LogP contribution in [0.1, 0.15) is 25.8 Å². The molecule has 0 aliphatic rings. The number of nitrogens with two attached hydrogens (primary N) is 1. The normalized spacial score (nSPS) is 13.0. The summed E-state index contributed by atoms with van der Waals surface area (Å²) >= 11 is 0. The number of rotatable bonds is 8. The van der Waals surface area contributed by atoms with Crippen molar-refractivity contribution in [1.29, 1.82) is 0 Å². The maximum atomic E-state index is 13.5. The van der Waals surface area contributed by atoms with Gasteiger partial charge in [0.05, 0.1) is 19.4 Å². The summed E-state index contributed by atoms with van der Waals surface area (Å²) < 4.78 is 31.2. The fourth-order valence-corrected chi connectivity index (χ4v) is 2.16. The van der Waals surface area contributed by atoms with E-state index in [2.05, 4.69) is 5.32 Å². The van der Waals surface area contributed by atoms with E-state index < -0.39 is 41.4 Å². The lowest BCUT2D eigenvalue weighted by molar-refractivity contribution is -0.144. The highest BCUT2D eigenvalue weighted by Gasteiger charge is 2.27. The standard InChI is InChI=1S/C16H20F2N2O4/c1-3-24-14(22)6-9(2)15(16(19)23)20-13(21)7-10-4-5-11(17)8-12(10)18/h4-5,8-9,15H,3,6-7H2,1-2H3,(H2,19,23)(H,20,21)/t9-,15-/m0/s1. The molecule has 24 heavy (non-hydrogen) atoms. The minimum Gasteiger partial charge on any atom is -0.466 e. The summed E-state index contributed by atoms with van der Waals surface area (Å²) in [5, 5.41) is 2.37. The van der Waals surface area contributed by atoms with E-state index in [1.165, 1.54) is 0 Å². The molecule has 0 spiro atoms. The van der Waals surface area contributed by atoms with Crippen LogP contribution >= 0.6 is 0 Å². The number of halogens is 2. The Balaban J connectivity index is 2.72. The molecule has 2 atom stereocenters. The Morgan fingerprint density at radius 1 is 1.29 bits per heavy atom. The number of carbonyl (C=O) groups excluding carboxylic acids is 3. The lowest BCUT2D eigenvalue weighted by atomic mass is 9.97. The first-order valence-electron chi connectivity index (χ1n) is 7.42. The zero-order valence-electron chi connectivity index (χ0n) is 13.5. The fraction of sp³-hybridized carbons (Fsp3) is 0.438. The quantitative estimate of drug-likeness (QED) is 0.690. The van der Waals surface area contributed by atoms with E-state index in [9.17, 15) is 23.2 Å². The second-order valence-electron chi connectivity index (χ2n) is 5.35. The minimum absolute atomic E-state index is 0.0184. The molecule has 1 aromatic rings. The number of ether oxygens (including phenoxy) is 1. The second kappa shape index (κ2) is 8.95. The molecule has 0 aliphatic carbocycles. The van der Waals surface area contributed by atoms with Crippen molar-refractivity contribution in [3.05, 3.63) is 35.4 Å². The molecule has 3 N–H and O–H groups in total. The van der Waals surface area contributed by atoms with Crippen LogP contribution in [-0.4, -0.2) is 30.4 Å². The Hall–Kier alpha value is -2.51. The SMILES string of the molecule is CCOC(=O)C[C@H](C)[C@H](NC(=O)Cc1ccc(F)cc1F)C(N)=O. The maximum absolute atomic E-state index is 13.5. The van der Waals surface area contributed by atoms with Crippen LogP contribution in [0.15, 0.2) is 18.2 Å². The number of primary amides is 1. The number of hydrogen-bond acceptors (Lipinski definition) is 4. The van der Waals surface area contributed by atoms with E-state index in [0.717, 1.165) is 12.1 Å². The fourth-order valence-electron chi connectivity index (χ4n) is 2.16. The molecular formula is C16H20F2N2O4. The maximum Gasteiger partial charge on any atom is 0.306 e. The monoisotopic (exact) mass is 342 g/mol. The number of hydrogen-bond donors (Lipinski definition) is 2. The highest BCUT2D eigenvalue weighted by molar-refractivity contribution is 5.88. The zero-order valence-corrected chi connectivity index (χ0v) is 13.5. The van der Waals surface area contributed by atoms with Gasteiger partial charge < -0.3 is 15.8 Å². The highest BCUT2D eigenvalue weighted by Crippen LogP contribution is 2.12. The number of esters is 1. The molecule has 0 saturated heterocycles. The van der Waals surface area contributed by atoms with Crippen molar-refractivity contribution in [2.75, 3.05) is 6.61 Å². The Bertz CT molecular complexity index is 622. The summed E-state index contributed by atoms with van der Waals surface area (Å²) in [7, 11) is 0. The first-order chi connectivity index (χ1) is 11.2. The van der Waals surface area contributed by atoms with Gasteiger partial charge in [-0.15, -0.1) is 0 Å². The summed E-state index contributed by atoms with van der Waals surface area (Å²) in [5.41, 5.74) is 5.23. The number of carbonyl (C=O) groups is 3. The average molecular weight is 342 g/mol. The van der Waals surface area contributed by atoms with Crippen molar-refractivity contribution in [2.45, 2.75) is 32.7 Å². The van der Waals surface area contributed by atoms with Crippen molar-refractivity contribution in [3.8, 4) is 0 Å². The lowest BCUT2D eigenvalue weighted by Crippen LogP contribution is -2.49. The molecule has 0 unspecified atom stereocenters. The van der Waals surface area contributed by atoms with Gasteiger partial charge in [0.1, 0.15) is 17.7 Å². The molecule has 132 valence electrons. The van der Waals surface area contributed by atoms with Gasteiger partial charge in [-0.05, 0) is 24.5 Å². The predicted molar refractivity (Wildman–Crippen MR) is 81.6 cm³/mol. The van der Waals surface area contributed by atoms with Crippen molar-refractivity contribution >= 4 is 17.8 Å². The zero-order chi connectivity index (χ0) is 18.3. The minimum atomic E-state index is -1.11. The molecule has 0 saturated carbocycles. The molecule has 0 heterocycles. The van der Waals surface area contributed by atoms with E-state index >= 15 is 0 Å². The van der Waals surface area contributed by atoms with Gasteiger partial charge in [-0.25, -0.2) is 8.78 Å². The summed E-state index contributed by atoms with van der Waals surface area (Å²) in [6.45, 7) is 3.40. The van der Waals surface area contributed by atoms with Gasteiger partial charge >= 0.3 is 5.97 Å². The van der Waals surface area contributed by atoms with Gasteiger partial charge in [0.15, 0.2) is 0 Å². The Labute approximate surface area is 138 Å². The van der Waals surface area contributed by atoms with Crippen LogP contribution < -0.4 is 11.1 Å². The van der Waals surface area contributed by atoms with Crippen LogP contribution in [0.4, 0.5) is 8.78 Å². The van der Waals surface area contributed by atoms with Crippen molar-refractivity contribution in [1.82, 2.24) is 5.32 Å². The van der Waals surface area contributed by atoms with E-state index in [0.29, 0.717) is 6.07 Å². The molecule has 2 amide bonds. The van der Waals surface area contributed by atoms with Crippen LogP contribution in [0.2, 0.25) is 0 Å². The summed E-state index contributed by atoms with van der Waals surface area (Å²) in [4.78, 5) is 35.0. The second-order valence-corrected chi connectivity index (χ2v) is 5.35. The summed E-state index contributed by atoms with van der Waals surface area (Å²) in [5.74, 6) is -4.21. The van der Waals surface area contributed by atoms with E-state index in [1.807, 2.05) is 0 Å². The van der Waals surface area contributed by atoms with Crippen LogP contribution in [0, 0.1) is 17.6 Å². The first kappa shape index (κ1) is 19.5. The number of nitrogens with one attached hydrogen (secondary N) is 1. The van der Waals surface area contributed by atoms with Crippen LogP contribution in [0.25, 0.3) is 0 Å². The molecule has 8 heteroatoms. The van der Waals surface area contributed by atoms with E-state index in [-0.39, 0.29) is 25.0 Å². The number of benzene rings is 1. The van der Waals surface area contributed by atoms with Gasteiger partial charge in [-0.1, -0.05) is 13.0 Å². The molecule has 6 nitrogen and oxygen atoms in total. The van der Waals surface area contributed by atoms with Crippen molar-refractivity contribution in [3.63, 3.8) is 0 Å². The van der Waals surface area contributed by atoms with Gasteiger partial charge in [0.2, 0.25) is 11.8 Å². The van der Waals surface area contributed by atoms with E-state index in [4.69, 9.17) is 10.5 Å². The summed E-state index contributed by atoms with van der Waals surface area (Å²) in [6, 6.07) is 1.73. The molecule has 1 rings (SSSR count). The predicted octanol–water partition coefficient (Wildman–Crippen LogP) is 1.07. The smallest absolute Gasteiger partial charge is 0.306 e. The van der Waals surface area contributed by atoms with Gasteiger partial charge in [0, 0.05) is 6.07 Å². The molecule has 1 aromatic carbocycles. The van der Waals surface area contributed by atoms with Gasteiger partial charge in [-0.3, -0.25) is 14.4 Å². The average Bonchev–Trinajstić information content (AvgIpc) is 2.47. The highest BCUT2D eigenvalue weighted by atomic mass is 19.1. The van der Waals surface area contributed by atoms with Crippen molar-refractivity contribution < 1.29 is 27.9 Å². The van der Waals surface area contributed by atoms with Crippen LogP contribution in [0.5, 0.6) is 0 Å². The summed E-state index contributed by atoms with van der Waals surface area (Å²) in [6.07, 6.45) is -0.491. The topological polar surface area (TPSA) is 98.5 Å². The molecule has 0 aliphatic heterocycles. The largest absolute Gasteiger partial charge is 0.466 e. The Kier molecular flexibility index (Phi) is 7.29.